The number of ether oxygens (including phenoxy) is 2. The molecule has 1 aromatic heterocycles. The number of hydrogen-bond donors (Lipinski definition) is 2. The molecule has 0 radical (unpaired) electrons. The van der Waals surface area contributed by atoms with E-state index in [-0.39, 0.29) is 11.3 Å². The molecule has 0 spiro atoms. The molecule has 0 saturated heterocycles. The molecule has 184 valence electrons. The Labute approximate surface area is 202 Å². The van der Waals surface area contributed by atoms with E-state index in [4.69, 9.17) is 9.47 Å². The van der Waals surface area contributed by atoms with Crippen LogP contribution >= 0.6 is 0 Å². The number of aryl methyl sites for hydroxylation is 1. The SMILES string of the molecule is CCCCCCn1nc(C(=O)OCC(=O)NC(=O)Nc2ccc(OC)cc2)c2ccccc2c1=O. The van der Waals surface area contributed by atoms with Gasteiger partial charge in [-0.1, -0.05) is 44.4 Å². The highest BCUT2D eigenvalue weighted by Crippen LogP contribution is 2.16. The number of benzene rings is 2. The summed E-state index contributed by atoms with van der Waals surface area (Å²) in [5, 5.41) is 9.47. The van der Waals surface area contributed by atoms with Crippen molar-refractivity contribution in [3.63, 3.8) is 0 Å². The lowest BCUT2D eigenvalue weighted by atomic mass is 10.1. The topological polar surface area (TPSA) is 129 Å². The van der Waals surface area contributed by atoms with Crippen LogP contribution in [-0.2, 0) is 16.1 Å². The molecule has 3 rings (SSSR count). The van der Waals surface area contributed by atoms with Crippen LogP contribution in [0.2, 0.25) is 0 Å². The Hall–Kier alpha value is -4.21. The van der Waals surface area contributed by atoms with Gasteiger partial charge in [0.2, 0.25) is 0 Å². The van der Waals surface area contributed by atoms with E-state index in [0.29, 0.717) is 28.8 Å². The van der Waals surface area contributed by atoms with Gasteiger partial charge >= 0.3 is 12.0 Å². The Morgan fingerprint density at radius 2 is 1.69 bits per heavy atom. The molecule has 0 unspecified atom stereocenters. The molecule has 0 bridgehead atoms. The van der Waals surface area contributed by atoms with Crippen LogP contribution in [0.5, 0.6) is 5.75 Å². The maximum atomic E-state index is 12.8. The van der Waals surface area contributed by atoms with Gasteiger partial charge in [0.1, 0.15) is 5.75 Å². The van der Waals surface area contributed by atoms with Crippen LogP contribution in [0, 0.1) is 0 Å². The summed E-state index contributed by atoms with van der Waals surface area (Å²) in [7, 11) is 1.52. The zero-order valence-corrected chi connectivity index (χ0v) is 19.7. The van der Waals surface area contributed by atoms with Crippen molar-refractivity contribution >= 4 is 34.4 Å². The van der Waals surface area contributed by atoms with E-state index in [9.17, 15) is 19.2 Å². The van der Waals surface area contributed by atoms with Crippen LogP contribution in [0.25, 0.3) is 10.8 Å². The van der Waals surface area contributed by atoms with Crippen molar-refractivity contribution in [3.8, 4) is 5.75 Å². The smallest absolute Gasteiger partial charge is 0.359 e. The van der Waals surface area contributed by atoms with Crippen molar-refractivity contribution in [1.29, 1.82) is 0 Å². The first kappa shape index (κ1) is 25.4. The van der Waals surface area contributed by atoms with Crippen LogP contribution in [-0.4, -0.2) is 41.4 Å². The van der Waals surface area contributed by atoms with Gasteiger partial charge in [0, 0.05) is 17.6 Å². The van der Waals surface area contributed by atoms with Crippen LogP contribution in [0.1, 0.15) is 43.1 Å². The fourth-order valence-corrected chi connectivity index (χ4v) is 3.42. The number of carbonyl (C=O) groups is 3. The maximum absolute atomic E-state index is 12.8. The number of unbranched alkanes of at least 4 members (excludes halogenated alkanes) is 3. The number of aromatic nitrogens is 2. The first-order valence-corrected chi connectivity index (χ1v) is 11.3. The largest absolute Gasteiger partial charge is 0.497 e. The van der Waals surface area contributed by atoms with Crippen LogP contribution in [0.3, 0.4) is 0 Å². The Bertz CT molecular complexity index is 1250. The van der Waals surface area contributed by atoms with Gasteiger partial charge < -0.3 is 14.8 Å². The molecule has 3 amide bonds. The van der Waals surface area contributed by atoms with Gasteiger partial charge in [0.25, 0.3) is 11.5 Å². The summed E-state index contributed by atoms with van der Waals surface area (Å²) in [6, 6.07) is 12.4. The van der Waals surface area contributed by atoms with Gasteiger partial charge in [-0.3, -0.25) is 14.9 Å². The second-order valence-electron chi connectivity index (χ2n) is 7.79. The van der Waals surface area contributed by atoms with Gasteiger partial charge in [-0.15, -0.1) is 0 Å². The van der Waals surface area contributed by atoms with Crippen molar-refractivity contribution < 1.29 is 23.9 Å². The number of amides is 3. The second kappa shape index (κ2) is 12.3. The van der Waals surface area contributed by atoms with Gasteiger partial charge in [0.15, 0.2) is 12.3 Å². The number of rotatable bonds is 10. The van der Waals surface area contributed by atoms with E-state index in [1.165, 1.54) is 11.8 Å². The van der Waals surface area contributed by atoms with Crippen molar-refractivity contribution in [1.82, 2.24) is 15.1 Å². The number of imide groups is 1. The lowest BCUT2D eigenvalue weighted by Crippen LogP contribution is -2.37. The normalized spacial score (nSPS) is 10.6. The van der Waals surface area contributed by atoms with E-state index in [2.05, 4.69) is 22.7 Å². The third-order valence-corrected chi connectivity index (χ3v) is 5.22. The predicted octanol–water partition coefficient (Wildman–Crippen LogP) is 3.49. The van der Waals surface area contributed by atoms with Gasteiger partial charge in [-0.2, -0.15) is 5.10 Å². The first-order chi connectivity index (χ1) is 16.9. The van der Waals surface area contributed by atoms with Crippen LogP contribution in [0.15, 0.2) is 53.3 Å². The summed E-state index contributed by atoms with van der Waals surface area (Å²) >= 11 is 0. The summed E-state index contributed by atoms with van der Waals surface area (Å²) in [5.41, 5.74) is 0.0951. The monoisotopic (exact) mass is 480 g/mol. The Balaban J connectivity index is 1.64. The summed E-state index contributed by atoms with van der Waals surface area (Å²) in [6.45, 7) is 1.77. The molecule has 2 aromatic carbocycles. The quantitative estimate of drug-likeness (QED) is 0.336. The first-order valence-electron chi connectivity index (χ1n) is 11.3. The molecule has 0 aliphatic rings. The van der Waals surface area contributed by atoms with Crippen LogP contribution < -0.4 is 20.9 Å². The van der Waals surface area contributed by atoms with E-state index in [1.807, 2.05) is 0 Å². The molecule has 1 heterocycles. The van der Waals surface area contributed by atoms with Crippen LogP contribution in [0.4, 0.5) is 10.5 Å². The zero-order chi connectivity index (χ0) is 25.2. The Morgan fingerprint density at radius 1 is 0.971 bits per heavy atom. The number of fused-ring (bicyclic) bond motifs is 1. The third kappa shape index (κ3) is 6.89. The minimum Gasteiger partial charge on any atom is -0.497 e. The van der Waals surface area contributed by atoms with E-state index in [1.54, 1.807) is 48.5 Å². The molecule has 0 atom stereocenters. The summed E-state index contributed by atoms with van der Waals surface area (Å²) in [4.78, 5) is 49.7. The number of anilines is 1. The third-order valence-electron chi connectivity index (χ3n) is 5.22. The highest BCUT2D eigenvalue weighted by atomic mass is 16.5. The predicted molar refractivity (Wildman–Crippen MR) is 131 cm³/mol. The molecule has 2 N–H and O–H groups in total. The van der Waals surface area contributed by atoms with Gasteiger partial charge in [-0.25, -0.2) is 14.3 Å². The number of nitrogens with zero attached hydrogens (tertiary/aromatic N) is 2. The van der Waals surface area contributed by atoms with Crippen molar-refractivity contribution in [2.75, 3.05) is 19.0 Å². The maximum Gasteiger partial charge on any atom is 0.359 e. The van der Waals surface area contributed by atoms with Gasteiger partial charge in [-0.05, 0) is 36.8 Å². The molecule has 3 aromatic rings. The standard InChI is InChI=1S/C25H28N4O6/c1-3-4-5-8-15-29-23(31)20-10-7-6-9-19(20)22(28-29)24(32)35-16-21(30)27-25(33)26-17-11-13-18(34-2)14-12-17/h6-7,9-14H,3-5,8,15-16H2,1-2H3,(H2,26,27,30,33). The Kier molecular flexibility index (Phi) is 8.94. The second-order valence-corrected chi connectivity index (χ2v) is 7.79. The molecule has 0 aliphatic carbocycles. The highest BCUT2D eigenvalue weighted by molar-refractivity contribution is 6.04. The van der Waals surface area contributed by atoms with Crippen molar-refractivity contribution in [2.45, 2.75) is 39.2 Å². The van der Waals surface area contributed by atoms with Crippen molar-refractivity contribution in [2.24, 2.45) is 0 Å². The molecule has 0 aliphatic heterocycles. The minimum atomic E-state index is -0.866. The molecular formula is C25H28N4O6. The fourth-order valence-electron chi connectivity index (χ4n) is 3.42. The van der Waals surface area contributed by atoms with E-state index in [0.717, 1.165) is 25.7 Å². The number of nitrogens with one attached hydrogen (secondary N) is 2. The number of methoxy groups -OCH3 is 1. The average molecular weight is 481 g/mol. The minimum absolute atomic E-state index is 0.0637. The fraction of sp³-hybridized carbons (Fsp3) is 0.320. The molecule has 10 heteroatoms. The number of carbonyl (C=O) groups excluding carboxylic acids is 3. The Morgan fingerprint density at radius 3 is 2.37 bits per heavy atom. The number of esters is 1. The lowest BCUT2D eigenvalue weighted by Gasteiger charge is -2.11. The van der Waals surface area contributed by atoms with E-state index >= 15 is 0 Å². The van der Waals surface area contributed by atoms with E-state index < -0.39 is 24.5 Å². The average Bonchev–Trinajstić information content (AvgIpc) is 2.87. The molecule has 10 nitrogen and oxygen atoms in total. The molecule has 0 saturated carbocycles. The summed E-state index contributed by atoms with van der Waals surface area (Å²) < 4.78 is 11.4. The molecule has 0 fully saturated rings. The summed E-state index contributed by atoms with van der Waals surface area (Å²) in [5.74, 6) is -1.07. The highest BCUT2D eigenvalue weighted by Gasteiger charge is 2.19. The lowest BCUT2D eigenvalue weighted by molar-refractivity contribution is -0.123. The summed E-state index contributed by atoms with van der Waals surface area (Å²) in [6.07, 6.45) is 3.78. The van der Waals surface area contributed by atoms with Crippen molar-refractivity contribution in [3.05, 3.63) is 64.6 Å². The zero-order valence-electron chi connectivity index (χ0n) is 19.7. The van der Waals surface area contributed by atoms with Gasteiger partial charge in [0.05, 0.1) is 12.5 Å². The number of hydrogen-bond acceptors (Lipinski definition) is 7. The molecule has 35 heavy (non-hydrogen) atoms. The molecular weight excluding hydrogens is 452 g/mol. The number of urea groups is 1.